The molecule has 5 heteroatoms. The van der Waals surface area contributed by atoms with Crippen LogP contribution in [-0.2, 0) is 9.59 Å². The Morgan fingerprint density at radius 2 is 1.67 bits per heavy atom. The van der Waals surface area contributed by atoms with Crippen LogP contribution in [-0.4, -0.2) is 49.0 Å². The van der Waals surface area contributed by atoms with E-state index in [4.69, 9.17) is 5.11 Å². The molecule has 0 saturated carbocycles. The van der Waals surface area contributed by atoms with E-state index >= 15 is 0 Å². The fourth-order valence-electron chi connectivity index (χ4n) is 0.754. The van der Waals surface area contributed by atoms with Crippen LogP contribution in [0, 0.1) is 0 Å². The van der Waals surface area contributed by atoms with Crippen LogP contribution in [0.4, 0.5) is 0 Å². The molecule has 72 valence electrons. The lowest BCUT2D eigenvalue weighted by Gasteiger charge is -2.22. The van der Waals surface area contributed by atoms with E-state index in [9.17, 15) is 9.59 Å². The molecule has 0 heterocycles. The molecule has 0 saturated heterocycles. The Kier molecular flexibility index (Phi) is 6.20. The van der Waals surface area contributed by atoms with Crippen molar-refractivity contribution in [2.45, 2.75) is 6.42 Å². The summed E-state index contributed by atoms with van der Waals surface area (Å²) < 4.78 is 0.478. The number of ketones is 1. The maximum Gasteiger partial charge on any atom is 0.311 e. The molecule has 1 N–H and O–H groups in total. The Hall–Kier alpha value is -0.420. The first-order valence-electron chi connectivity index (χ1n) is 3.35. The third kappa shape index (κ3) is 9.58. The number of carboxylic acid groups (broad SMARTS) is 1. The van der Waals surface area contributed by atoms with Gasteiger partial charge in [-0.1, -0.05) is 0 Å². The zero-order valence-corrected chi connectivity index (χ0v) is 9.09. The summed E-state index contributed by atoms with van der Waals surface area (Å²) in [6.07, 6.45) is -0.366. The van der Waals surface area contributed by atoms with Crippen LogP contribution in [0.2, 0.25) is 0 Å². The van der Waals surface area contributed by atoms with Gasteiger partial charge in [-0.3, -0.25) is 9.59 Å². The maximum atomic E-state index is 10.9. The highest BCUT2D eigenvalue weighted by atomic mass is 79.9. The lowest BCUT2D eigenvalue weighted by Crippen LogP contribution is -3.00. The van der Waals surface area contributed by atoms with Crippen LogP contribution in [0.15, 0.2) is 0 Å². The maximum absolute atomic E-state index is 10.9. The number of hydrogen-bond acceptors (Lipinski definition) is 2. The molecule has 0 unspecified atom stereocenters. The average Bonchev–Trinajstić information content (AvgIpc) is 1.53. The Morgan fingerprint density at radius 1 is 1.25 bits per heavy atom. The van der Waals surface area contributed by atoms with Crippen LogP contribution in [0.25, 0.3) is 0 Å². The first-order valence-corrected chi connectivity index (χ1v) is 3.35. The molecule has 0 spiro atoms. The van der Waals surface area contributed by atoms with Crippen molar-refractivity contribution in [1.29, 1.82) is 0 Å². The SMILES string of the molecule is C[N+](C)(C)CC(=O)CC(=O)O.[Br-]. The van der Waals surface area contributed by atoms with Gasteiger partial charge < -0.3 is 26.6 Å². The van der Waals surface area contributed by atoms with E-state index in [0.717, 1.165) is 0 Å². The molecule has 0 amide bonds. The van der Waals surface area contributed by atoms with Crippen molar-refractivity contribution in [3.63, 3.8) is 0 Å². The predicted octanol–water partition coefficient (Wildman–Crippen LogP) is -3.26. The molecular weight excluding hydrogens is 226 g/mol. The van der Waals surface area contributed by atoms with Crippen molar-refractivity contribution in [2.24, 2.45) is 0 Å². The van der Waals surface area contributed by atoms with Gasteiger partial charge in [-0.05, 0) is 0 Å². The Balaban J connectivity index is 0. The monoisotopic (exact) mass is 239 g/mol. The van der Waals surface area contributed by atoms with Gasteiger partial charge in [-0.25, -0.2) is 0 Å². The lowest BCUT2D eigenvalue weighted by molar-refractivity contribution is -0.862. The van der Waals surface area contributed by atoms with E-state index in [-0.39, 0.29) is 35.7 Å². The second-order valence-electron chi connectivity index (χ2n) is 3.56. The normalized spacial score (nSPS) is 10.2. The van der Waals surface area contributed by atoms with Crippen molar-refractivity contribution in [2.75, 3.05) is 27.7 Å². The first kappa shape index (κ1) is 14.1. The number of aliphatic carboxylic acids is 1. The minimum absolute atomic E-state index is 0. The molecular formula is C7H14BrNO3. The van der Waals surface area contributed by atoms with Gasteiger partial charge in [0.05, 0.1) is 21.1 Å². The summed E-state index contributed by atoms with van der Waals surface area (Å²) in [5, 5.41) is 8.25. The van der Waals surface area contributed by atoms with Crippen LogP contribution < -0.4 is 17.0 Å². The van der Waals surface area contributed by atoms with Gasteiger partial charge in [0.15, 0.2) is 5.78 Å². The molecule has 0 fully saturated rings. The molecule has 0 aliphatic carbocycles. The van der Waals surface area contributed by atoms with E-state index in [1.54, 1.807) is 0 Å². The highest BCUT2D eigenvalue weighted by molar-refractivity contribution is 5.95. The largest absolute Gasteiger partial charge is 1.00 e. The molecule has 12 heavy (non-hydrogen) atoms. The zero-order valence-electron chi connectivity index (χ0n) is 7.50. The van der Waals surface area contributed by atoms with Crippen LogP contribution in [0.1, 0.15) is 6.42 Å². The minimum atomic E-state index is -1.05. The number of carboxylic acids is 1. The van der Waals surface area contributed by atoms with Gasteiger partial charge in [0, 0.05) is 0 Å². The van der Waals surface area contributed by atoms with Crippen LogP contribution in [0.3, 0.4) is 0 Å². The molecule has 0 aromatic rings. The van der Waals surface area contributed by atoms with Gasteiger partial charge in [0.25, 0.3) is 0 Å². The quantitative estimate of drug-likeness (QED) is 0.414. The van der Waals surface area contributed by atoms with Crippen LogP contribution in [0.5, 0.6) is 0 Å². The Morgan fingerprint density at radius 3 is 1.92 bits per heavy atom. The molecule has 4 nitrogen and oxygen atoms in total. The molecule has 0 aromatic carbocycles. The van der Waals surface area contributed by atoms with Gasteiger partial charge >= 0.3 is 5.97 Å². The van der Waals surface area contributed by atoms with E-state index in [2.05, 4.69) is 0 Å². The van der Waals surface area contributed by atoms with Crippen molar-refractivity contribution in [3.05, 3.63) is 0 Å². The van der Waals surface area contributed by atoms with Gasteiger partial charge in [-0.15, -0.1) is 0 Å². The summed E-state index contributed by atoms with van der Waals surface area (Å²) in [5.41, 5.74) is 0. The predicted molar refractivity (Wildman–Crippen MR) is 40.2 cm³/mol. The summed E-state index contributed by atoms with van der Waals surface area (Å²) in [4.78, 5) is 20.9. The van der Waals surface area contributed by atoms with Crippen molar-refractivity contribution >= 4 is 11.8 Å². The number of quaternary nitrogens is 1. The number of nitrogens with zero attached hydrogens (tertiary/aromatic N) is 1. The summed E-state index contributed by atoms with van der Waals surface area (Å²) >= 11 is 0. The highest BCUT2D eigenvalue weighted by Crippen LogP contribution is 1.93. The van der Waals surface area contributed by atoms with E-state index in [1.165, 1.54) is 0 Å². The molecule has 0 atom stereocenters. The fourth-order valence-corrected chi connectivity index (χ4v) is 0.754. The third-order valence-electron chi connectivity index (χ3n) is 0.999. The van der Waals surface area contributed by atoms with Gasteiger partial charge in [-0.2, -0.15) is 0 Å². The van der Waals surface area contributed by atoms with Crippen molar-refractivity contribution < 1.29 is 36.2 Å². The molecule has 0 aliphatic rings. The third-order valence-corrected chi connectivity index (χ3v) is 0.999. The zero-order chi connectivity index (χ0) is 9.07. The number of carbonyl (C=O) groups is 2. The topological polar surface area (TPSA) is 54.4 Å². The minimum Gasteiger partial charge on any atom is -1.00 e. The molecule has 0 radical (unpaired) electrons. The second-order valence-corrected chi connectivity index (χ2v) is 3.56. The smallest absolute Gasteiger partial charge is 0.311 e. The van der Waals surface area contributed by atoms with Crippen molar-refractivity contribution in [1.82, 2.24) is 0 Å². The van der Waals surface area contributed by atoms with Gasteiger partial charge in [0.2, 0.25) is 0 Å². The fraction of sp³-hybridized carbons (Fsp3) is 0.714. The second kappa shape index (κ2) is 5.27. The highest BCUT2D eigenvalue weighted by Gasteiger charge is 2.16. The van der Waals surface area contributed by atoms with E-state index < -0.39 is 5.97 Å². The number of halogens is 1. The standard InChI is InChI=1S/C7H13NO3.BrH/c1-8(2,3)5-6(9)4-7(10)11;/h4-5H2,1-3H3;1H. The first-order chi connectivity index (χ1) is 4.81. The lowest BCUT2D eigenvalue weighted by atomic mass is 10.2. The summed E-state index contributed by atoms with van der Waals surface area (Å²) in [5.74, 6) is -1.28. The molecule has 0 aliphatic heterocycles. The Labute approximate surface area is 82.5 Å². The van der Waals surface area contributed by atoms with E-state index in [1.807, 2.05) is 21.1 Å². The average molecular weight is 240 g/mol. The van der Waals surface area contributed by atoms with Crippen LogP contribution >= 0.6 is 0 Å². The van der Waals surface area contributed by atoms with Crippen molar-refractivity contribution in [3.8, 4) is 0 Å². The number of Topliss-reactive ketones (excluding diaryl/α,β-unsaturated/α-hetero) is 1. The summed E-state index contributed by atoms with van der Waals surface area (Å²) in [7, 11) is 5.54. The molecule has 0 rings (SSSR count). The molecule has 0 bridgehead atoms. The number of carbonyl (C=O) groups excluding carboxylic acids is 1. The number of likely N-dealkylation sites (N-methyl/N-ethyl adjacent to an activating group) is 1. The van der Waals surface area contributed by atoms with Gasteiger partial charge in [0.1, 0.15) is 13.0 Å². The number of hydrogen-bond donors (Lipinski definition) is 1. The summed E-state index contributed by atoms with van der Waals surface area (Å²) in [6, 6.07) is 0. The molecule has 0 aromatic heterocycles. The number of rotatable bonds is 4. The summed E-state index contributed by atoms with van der Waals surface area (Å²) in [6.45, 7) is 0.270. The Bertz CT molecular complexity index is 174. The van der Waals surface area contributed by atoms with E-state index in [0.29, 0.717) is 4.48 Å².